The van der Waals surface area contributed by atoms with Gasteiger partial charge in [0.05, 0.1) is 12.0 Å². The van der Waals surface area contributed by atoms with E-state index in [0.717, 1.165) is 56.9 Å². The SMILES string of the molecule is CCCCOC(=O)C(CCCC)(CCCC)c1ccccc1. The first kappa shape index (κ1) is 18.7. The summed E-state index contributed by atoms with van der Waals surface area (Å²) in [6.07, 6.45) is 8.08. The molecule has 1 aromatic rings. The summed E-state index contributed by atoms with van der Waals surface area (Å²) >= 11 is 0. The van der Waals surface area contributed by atoms with Gasteiger partial charge < -0.3 is 4.74 Å². The molecule has 1 aromatic carbocycles. The average molecular weight is 304 g/mol. The van der Waals surface area contributed by atoms with E-state index < -0.39 is 5.41 Å². The van der Waals surface area contributed by atoms with Crippen molar-refractivity contribution in [2.45, 2.75) is 77.6 Å². The van der Waals surface area contributed by atoms with Gasteiger partial charge in [-0.3, -0.25) is 4.79 Å². The third-order valence-corrected chi connectivity index (χ3v) is 4.36. The van der Waals surface area contributed by atoms with E-state index in [4.69, 9.17) is 4.74 Å². The number of ether oxygens (including phenoxy) is 1. The molecule has 124 valence electrons. The zero-order valence-corrected chi connectivity index (χ0v) is 14.6. The van der Waals surface area contributed by atoms with E-state index in [9.17, 15) is 4.79 Å². The van der Waals surface area contributed by atoms with Crippen molar-refractivity contribution in [1.29, 1.82) is 0 Å². The predicted octanol–water partition coefficient (Wildman–Crippen LogP) is 5.65. The molecule has 0 saturated carbocycles. The zero-order chi connectivity index (χ0) is 16.3. The van der Waals surface area contributed by atoms with Crippen molar-refractivity contribution in [1.82, 2.24) is 0 Å². The Morgan fingerprint density at radius 1 is 0.909 bits per heavy atom. The molecular formula is C20H32O2. The number of hydrogen-bond donors (Lipinski definition) is 0. The first-order valence-corrected chi connectivity index (χ1v) is 8.94. The lowest BCUT2D eigenvalue weighted by atomic mass is 9.72. The number of carbonyl (C=O) groups is 1. The first-order valence-electron chi connectivity index (χ1n) is 8.94. The Morgan fingerprint density at radius 3 is 1.95 bits per heavy atom. The van der Waals surface area contributed by atoms with E-state index in [2.05, 4.69) is 32.9 Å². The maximum absolute atomic E-state index is 12.9. The smallest absolute Gasteiger partial charge is 0.316 e. The Hall–Kier alpha value is -1.31. The average Bonchev–Trinajstić information content (AvgIpc) is 2.56. The lowest BCUT2D eigenvalue weighted by Crippen LogP contribution is -2.38. The molecule has 0 atom stereocenters. The summed E-state index contributed by atoms with van der Waals surface area (Å²) in [5.41, 5.74) is 0.666. The van der Waals surface area contributed by atoms with Crippen molar-refractivity contribution >= 4 is 5.97 Å². The molecule has 0 aliphatic carbocycles. The third kappa shape index (κ3) is 5.15. The highest BCUT2D eigenvalue weighted by Gasteiger charge is 2.40. The van der Waals surface area contributed by atoms with Gasteiger partial charge in [0, 0.05) is 0 Å². The summed E-state index contributed by atoms with van der Waals surface area (Å²) in [6.45, 7) is 7.02. The maximum atomic E-state index is 12.9. The molecule has 0 fully saturated rings. The number of carbonyl (C=O) groups excluding carboxylic acids is 1. The highest BCUT2D eigenvalue weighted by molar-refractivity contribution is 5.83. The molecule has 2 heteroatoms. The molecule has 0 heterocycles. The van der Waals surface area contributed by atoms with Crippen LogP contribution in [0.4, 0.5) is 0 Å². The van der Waals surface area contributed by atoms with Gasteiger partial charge in [-0.15, -0.1) is 0 Å². The Labute approximate surface area is 136 Å². The van der Waals surface area contributed by atoms with Crippen LogP contribution in [0.2, 0.25) is 0 Å². The fourth-order valence-corrected chi connectivity index (χ4v) is 2.90. The zero-order valence-electron chi connectivity index (χ0n) is 14.6. The molecule has 0 saturated heterocycles. The Kier molecular flexibility index (Phi) is 8.88. The molecule has 0 amide bonds. The molecule has 0 N–H and O–H groups in total. The van der Waals surface area contributed by atoms with E-state index in [1.165, 1.54) is 0 Å². The Bertz CT molecular complexity index is 403. The van der Waals surface area contributed by atoms with E-state index in [1.54, 1.807) is 0 Å². The molecule has 22 heavy (non-hydrogen) atoms. The minimum Gasteiger partial charge on any atom is -0.465 e. The van der Waals surface area contributed by atoms with Crippen LogP contribution in [-0.2, 0) is 14.9 Å². The van der Waals surface area contributed by atoms with Gasteiger partial charge in [0.2, 0.25) is 0 Å². The van der Waals surface area contributed by atoms with Crippen LogP contribution >= 0.6 is 0 Å². The second-order valence-corrected chi connectivity index (χ2v) is 6.14. The molecule has 0 spiro atoms. The van der Waals surface area contributed by atoms with Crippen LogP contribution < -0.4 is 0 Å². The van der Waals surface area contributed by atoms with Crippen molar-refractivity contribution < 1.29 is 9.53 Å². The van der Waals surface area contributed by atoms with Gasteiger partial charge in [-0.25, -0.2) is 0 Å². The Balaban J connectivity index is 3.04. The van der Waals surface area contributed by atoms with Crippen LogP contribution in [0.25, 0.3) is 0 Å². The molecule has 1 rings (SSSR count). The predicted molar refractivity (Wildman–Crippen MR) is 93.0 cm³/mol. The van der Waals surface area contributed by atoms with Crippen LogP contribution in [0, 0.1) is 0 Å². The highest BCUT2D eigenvalue weighted by Crippen LogP contribution is 2.37. The van der Waals surface area contributed by atoms with Crippen molar-refractivity contribution in [3.63, 3.8) is 0 Å². The highest BCUT2D eigenvalue weighted by atomic mass is 16.5. The summed E-state index contributed by atoms with van der Waals surface area (Å²) < 4.78 is 5.66. The van der Waals surface area contributed by atoms with Gasteiger partial charge in [0.15, 0.2) is 0 Å². The normalized spacial score (nSPS) is 11.4. The summed E-state index contributed by atoms with van der Waals surface area (Å²) in [6, 6.07) is 10.2. The summed E-state index contributed by atoms with van der Waals surface area (Å²) in [7, 11) is 0. The first-order chi connectivity index (χ1) is 10.7. The van der Waals surface area contributed by atoms with Gasteiger partial charge in [0.25, 0.3) is 0 Å². The lowest BCUT2D eigenvalue weighted by Gasteiger charge is -2.32. The van der Waals surface area contributed by atoms with Crippen molar-refractivity contribution in [2.24, 2.45) is 0 Å². The molecule has 0 bridgehead atoms. The second kappa shape index (κ2) is 10.4. The van der Waals surface area contributed by atoms with Crippen LogP contribution in [0.3, 0.4) is 0 Å². The van der Waals surface area contributed by atoms with Crippen LogP contribution in [0.5, 0.6) is 0 Å². The molecule has 0 aromatic heterocycles. The molecular weight excluding hydrogens is 272 g/mol. The van der Waals surface area contributed by atoms with Crippen molar-refractivity contribution in [3.8, 4) is 0 Å². The second-order valence-electron chi connectivity index (χ2n) is 6.14. The summed E-state index contributed by atoms with van der Waals surface area (Å²) in [4.78, 5) is 12.9. The van der Waals surface area contributed by atoms with Crippen molar-refractivity contribution in [2.75, 3.05) is 6.61 Å². The van der Waals surface area contributed by atoms with E-state index in [0.29, 0.717) is 6.61 Å². The lowest BCUT2D eigenvalue weighted by molar-refractivity contribution is -0.151. The fourth-order valence-electron chi connectivity index (χ4n) is 2.90. The molecule has 0 unspecified atom stereocenters. The number of unbranched alkanes of at least 4 members (excludes halogenated alkanes) is 3. The minimum atomic E-state index is -0.457. The summed E-state index contributed by atoms with van der Waals surface area (Å²) in [5, 5.41) is 0. The molecule has 0 aliphatic heterocycles. The number of rotatable bonds is 11. The van der Waals surface area contributed by atoms with Gasteiger partial charge in [-0.1, -0.05) is 83.2 Å². The van der Waals surface area contributed by atoms with Crippen molar-refractivity contribution in [3.05, 3.63) is 35.9 Å². The van der Waals surface area contributed by atoms with Crippen LogP contribution in [0.15, 0.2) is 30.3 Å². The molecule has 0 aliphatic rings. The topological polar surface area (TPSA) is 26.3 Å². The standard InChI is InChI=1S/C20H32O2/c1-4-7-15-20(16-8-5-2,18-13-11-10-12-14-18)19(21)22-17-9-6-3/h10-14H,4-9,15-17H2,1-3H3. The third-order valence-electron chi connectivity index (χ3n) is 4.36. The quantitative estimate of drug-likeness (QED) is 0.390. The van der Waals surface area contributed by atoms with E-state index >= 15 is 0 Å². The Morgan fingerprint density at radius 2 is 1.45 bits per heavy atom. The van der Waals surface area contributed by atoms with Gasteiger partial charge in [0.1, 0.15) is 0 Å². The van der Waals surface area contributed by atoms with Crippen LogP contribution in [0.1, 0.15) is 77.7 Å². The maximum Gasteiger partial charge on any atom is 0.316 e. The minimum absolute atomic E-state index is 0.0194. The molecule has 2 nitrogen and oxygen atoms in total. The largest absolute Gasteiger partial charge is 0.465 e. The van der Waals surface area contributed by atoms with Crippen LogP contribution in [-0.4, -0.2) is 12.6 Å². The van der Waals surface area contributed by atoms with Gasteiger partial charge >= 0.3 is 5.97 Å². The number of hydrogen-bond acceptors (Lipinski definition) is 2. The monoisotopic (exact) mass is 304 g/mol. The number of benzene rings is 1. The summed E-state index contributed by atoms with van der Waals surface area (Å²) in [5.74, 6) is -0.0194. The van der Waals surface area contributed by atoms with E-state index in [-0.39, 0.29) is 5.97 Å². The van der Waals surface area contributed by atoms with Gasteiger partial charge in [-0.2, -0.15) is 0 Å². The van der Waals surface area contributed by atoms with Gasteiger partial charge in [-0.05, 0) is 24.8 Å². The van der Waals surface area contributed by atoms with E-state index in [1.807, 2.05) is 18.2 Å². The molecule has 0 radical (unpaired) electrons. The number of esters is 1. The fraction of sp³-hybridized carbons (Fsp3) is 0.650.